The molecule has 0 heterocycles. The minimum atomic E-state index is -1.31. The van der Waals surface area contributed by atoms with Crippen LogP contribution in [0, 0.1) is 0 Å². The summed E-state index contributed by atoms with van der Waals surface area (Å²) in [5.41, 5.74) is 5.76. The summed E-state index contributed by atoms with van der Waals surface area (Å²) in [6.45, 7) is 1.18. The van der Waals surface area contributed by atoms with Gasteiger partial charge in [-0.25, -0.2) is 4.79 Å². The lowest BCUT2D eigenvalue weighted by atomic mass is 10.0. The molecule has 0 saturated carbocycles. The number of nitrogens with two attached hydrogens (primary N) is 1. The zero-order chi connectivity index (χ0) is 12.3. The van der Waals surface area contributed by atoms with Gasteiger partial charge in [0.25, 0.3) is 0 Å². The van der Waals surface area contributed by atoms with Crippen molar-refractivity contribution in [2.75, 3.05) is 0 Å². The van der Waals surface area contributed by atoms with Crippen LogP contribution in [-0.2, 0) is 9.59 Å². The Hall–Kier alpha value is -1.62. The van der Waals surface area contributed by atoms with E-state index in [0.29, 0.717) is 5.56 Å². The second-order valence-corrected chi connectivity index (χ2v) is 4.07. The number of ketones is 1. The molecule has 0 spiro atoms. The van der Waals surface area contributed by atoms with Crippen LogP contribution in [0.1, 0.15) is 12.5 Å². The molecule has 1 aromatic carbocycles. The van der Waals surface area contributed by atoms with E-state index in [9.17, 15) is 9.59 Å². The molecule has 0 aliphatic heterocycles. The van der Waals surface area contributed by atoms with Crippen LogP contribution in [0.2, 0.25) is 0 Å². The summed E-state index contributed by atoms with van der Waals surface area (Å²) < 4.78 is 0.851. The fraction of sp³-hybridized carbons (Fsp3) is 0.0909. The number of aliphatic carboxylic acids is 1. The van der Waals surface area contributed by atoms with E-state index in [2.05, 4.69) is 15.9 Å². The highest BCUT2D eigenvalue weighted by Gasteiger charge is 2.18. The van der Waals surface area contributed by atoms with Gasteiger partial charge < -0.3 is 10.8 Å². The number of halogens is 1. The number of rotatable bonds is 3. The zero-order valence-corrected chi connectivity index (χ0v) is 10.1. The van der Waals surface area contributed by atoms with Crippen LogP contribution in [-0.4, -0.2) is 16.9 Å². The van der Waals surface area contributed by atoms with Gasteiger partial charge in [-0.15, -0.1) is 0 Å². The van der Waals surface area contributed by atoms with Crippen LogP contribution < -0.4 is 5.73 Å². The summed E-state index contributed by atoms with van der Waals surface area (Å²) >= 11 is 3.25. The number of carboxylic acids is 1. The van der Waals surface area contributed by atoms with E-state index in [0.717, 1.165) is 4.47 Å². The Labute approximate surface area is 101 Å². The van der Waals surface area contributed by atoms with Gasteiger partial charge in [-0.1, -0.05) is 28.1 Å². The summed E-state index contributed by atoms with van der Waals surface area (Å²) in [7, 11) is 0. The van der Waals surface area contributed by atoms with E-state index in [1.54, 1.807) is 24.3 Å². The number of hydrogen-bond donors (Lipinski definition) is 2. The Balaban J connectivity index is 3.29. The van der Waals surface area contributed by atoms with Crippen molar-refractivity contribution in [2.24, 2.45) is 5.73 Å². The molecule has 84 valence electrons. The van der Waals surface area contributed by atoms with Gasteiger partial charge in [-0.2, -0.15) is 0 Å². The van der Waals surface area contributed by atoms with Gasteiger partial charge in [0.15, 0.2) is 5.78 Å². The molecule has 1 rings (SSSR count). The topological polar surface area (TPSA) is 80.4 Å². The van der Waals surface area contributed by atoms with Gasteiger partial charge in [-0.3, -0.25) is 4.79 Å². The molecule has 4 nitrogen and oxygen atoms in total. The quantitative estimate of drug-likeness (QED) is 0.504. The maximum absolute atomic E-state index is 11.1. The molecule has 0 amide bonds. The Morgan fingerprint density at radius 2 is 1.75 bits per heavy atom. The van der Waals surface area contributed by atoms with Gasteiger partial charge in [-0.05, 0) is 24.6 Å². The minimum Gasteiger partial charge on any atom is -0.477 e. The van der Waals surface area contributed by atoms with Crippen molar-refractivity contribution in [3.8, 4) is 0 Å². The van der Waals surface area contributed by atoms with E-state index in [1.807, 2.05) is 0 Å². The smallest absolute Gasteiger partial charge is 0.341 e. The van der Waals surface area contributed by atoms with Crippen LogP contribution >= 0.6 is 15.9 Å². The van der Waals surface area contributed by atoms with E-state index in [-0.39, 0.29) is 11.3 Å². The third-order valence-corrected chi connectivity index (χ3v) is 2.52. The summed E-state index contributed by atoms with van der Waals surface area (Å²) in [5, 5.41) is 8.86. The lowest BCUT2D eigenvalue weighted by molar-refractivity contribution is -0.134. The molecular formula is C11H10BrNO3. The van der Waals surface area contributed by atoms with Crippen molar-refractivity contribution in [1.29, 1.82) is 0 Å². The van der Waals surface area contributed by atoms with Crippen molar-refractivity contribution in [2.45, 2.75) is 6.92 Å². The molecule has 0 bridgehead atoms. The molecule has 0 aliphatic rings. The fourth-order valence-corrected chi connectivity index (χ4v) is 1.49. The molecule has 3 N–H and O–H groups in total. The number of carboxylic acid groups (broad SMARTS) is 1. The SMILES string of the molecule is CC(=O)/C(C(=O)O)=C(/N)c1ccc(Br)cc1. The first-order valence-corrected chi connectivity index (χ1v) is 5.22. The van der Waals surface area contributed by atoms with Gasteiger partial charge >= 0.3 is 5.97 Å². The minimum absolute atomic E-state index is 0.0208. The Morgan fingerprint density at radius 1 is 1.25 bits per heavy atom. The second kappa shape index (κ2) is 4.94. The van der Waals surface area contributed by atoms with Crippen LogP contribution in [0.25, 0.3) is 5.70 Å². The average molecular weight is 284 g/mol. The predicted molar refractivity (Wildman–Crippen MR) is 63.6 cm³/mol. The molecule has 16 heavy (non-hydrogen) atoms. The molecule has 0 saturated heterocycles. The zero-order valence-electron chi connectivity index (χ0n) is 8.53. The van der Waals surface area contributed by atoms with Crippen molar-refractivity contribution >= 4 is 33.4 Å². The molecule has 0 aromatic heterocycles. The largest absolute Gasteiger partial charge is 0.477 e. The van der Waals surface area contributed by atoms with Gasteiger partial charge in [0.1, 0.15) is 5.57 Å². The number of carbonyl (C=O) groups is 2. The number of hydrogen-bond acceptors (Lipinski definition) is 3. The summed E-state index contributed by atoms with van der Waals surface area (Å²) in [4.78, 5) is 22.0. The first kappa shape index (κ1) is 12.4. The van der Waals surface area contributed by atoms with E-state index in [1.165, 1.54) is 6.92 Å². The average Bonchev–Trinajstić information content (AvgIpc) is 2.17. The number of carbonyl (C=O) groups excluding carboxylic acids is 1. The van der Waals surface area contributed by atoms with E-state index < -0.39 is 11.8 Å². The molecule has 0 radical (unpaired) electrons. The van der Waals surface area contributed by atoms with E-state index >= 15 is 0 Å². The predicted octanol–water partition coefficient (Wildman–Crippen LogP) is 1.79. The van der Waals surface area contributed by atoms with Crippen LogP contribution in [0.5, 0.6) is 0 Å². The monoisotopic (exact) mass is 283 g/mol. The normalized spacial score (nSPS) is 11.9. The first-order valence-electron chi connectivity index (χ1n) is 4.43. The molecule has 0 unspecified atom stereocenters. The highest BCUT2D eigenvalue weighted by atomic mass is 79.9. The Kier molecular flexibility index (Phi) is 3.84. The maximum Gasteiger partial charge on any atom is 0.341 e. The third-order valence-electron chi connectivity index (χ3n) is 1.99. The molecular weight excluding hydrogens is 274 g/mol. The first-order chi connectivity index (χ1) is 7.43. The molecule has 0 fully saturated rings. The van der Waals surface area contributed by atoms with E-state index in [4.69, 9.17) is 10.8 Å². The van der Waals surface area contributed by atoms with Crippen molar-refractivity contribution in [3.05, 3.63) is 39.9 Å². The van der Waals surface area contributed by atoms with Crippen molar-refractivity contribution in [3.63, 3.8) is 0 Å². The highest BCUT2D eigenvalue weighted by Crippen LogP contribution is 2.17. The van der Waals surface area contributed by atoms with Crippen molar-refractivity contribution < 1.29 is 14.7 Å². The van der Waals surface area contributed by atoms with Gasteiger partial charge in [0.2, 0.25) is 0 Å². The third kappa shape index (κ3) is 2.70. The molecule has 5 heteroatoms. The highest BCUT2D eigenvalue weighted by molar-refractivity contribution is 9.10. The Bertz CT molecular complexity index is 447. The summed E-state index contributed by atoms with van der Waals surface area (Å²) in [5.74, 6) is -1.87. The summed E-state index contributed by atoms with van der Waals surface area (Å²) in [6, 6.07) is 6.74. The lowest BCUT2D eigenvalue weighted by Gasteiger charge is -2.05. The molecule has 1 aromatic rings. The van der Waals surface area contributed by atoms with Crippen LogP contribution in [0.3, 0.4) is 0 Å². The second-order valence-electron chi connectivity index (χ2n) is 3.16. The van der Waals surface area contributed by atoms with Gasteiger partial charge in [0.05, 0.1) is 5.70 Å². The lowest BCUT2D eigenvalue weighted by Crippen LogP contribution is -2.15. The standard InChI is InChI=1S/C11H10BrNO3/c1-6(14)9(11(15)16)10(13)7-2-4-8(12)5-3-7/h2-5H,13H2,1H3,(H,15,16)/b10-9-. The Morgan fingerprint density at radius 3 is 2.12 bits per heavy atom. The summed E-state index contributed by atoms with van der Waals surface area (Å²) in [6.07, 6.45) is 0. The molecule has 0 atom stereocenters. The van der Waals surface area contributed by atoms with Crippen molar-refractivity contribution in [1.82, 2.24) is 0 Å². The molecule has 0 aliphatic carbocycles. The number of benzene rings is 1. The van der Waals surface area contributed by atoms with Gasteiger partial charge in [0, 0.05) is 4.47 Å². The van der Waals surface area contributed by atoms with Crippen LogP contribution in [0.15, 0.2) is 34.3 Å². The maximum atomic E-state index is 11.1. The number of Topliss-reactive ketones (excluding diaryl/α,β-unsaturated/α-hetero) is 1. The fourth-order valence-electron chi connectivity index (χ4n) is 1.23. The van der Waals surface area contributed by atoms with Crippen LogP contribution in [0.4, 0.5) is 0 Å².